The summed E-state index contributed by atoms with van der Waals surface area (Å²) in [5.74, 6) is 1.21. The van der Waals surface area contributed by atoms with Gasteiger partial charge < -0.3 is 9.30 Å². The molecule has 0 atom stereocenters. The van der Waals surface area contributed by atoms with E-state index in [1.54, 1.807) is 17.8 Å². The zero-order valence-electron chi connectivity index (χ0n) is 15.6. The van der Waals surface area contributed by atoms with Gasteiger partial charge in [-0.1, -0.05) is 79.1 Å². The summed E-state index contributed by atoms with van der Waals surface area (Å²) in [5.41, 5.74) is 2.20. The number of nitrogens with zero attached hydrogens (tertiary/aromatic N) is 2. The lowest BCUT2D eigenvalue weighted by molar-refractivity contribution is 0.0995. The molecule has 3 rings (SSSR count). The molecule has 1 aromatic heterocycles. The fourth-order valence-electron chi connectivity index (χ4n) is 2.71. The van der Waals surface area contributed by atoms with Gasteiger partial charge in [0.1, 0.15) is 17.5 Å². The van der Waals surface area contributed by atoms with Gasteiger partial charge in [0.25, 0.3) is 0 Å². The molecule has 27 heavy (non-hydrogen) atoms. The third-order valence-corrected chi connectivity index (χ3v) is 5.68. The van der Waals surface area contributed by atoms with Crippen LogP contribution in [-0.2, 0) is 25.0 Å². The van der Waals surface area contributed by atoms with Gasteiger partial charge in [0, 0.05) is 22.0 Å². The Balaban J connectivity index is 1.79. The number of hydrogen-bond donors (Lipinski definition) is 0. The molecule has 0 bridgehead atoms. The van der Waals surface area contributed by atoms with Crippen molar-refractivity contribution in [2.45, 2.75) is 42.9 Å². The number of halogens is 2. The minimum absolute atomic E-state index is 0.302. The van der Waals surface area contributed by atoms with Gasteiger partial charge >= 0.3 is 0 Å². The molecule has 0 aliphatic heterocycles. The first-order valence-electron chi connectivity index (χ1n) is 8.75. The van der Waals surface area contributed by atoms with Crippen LogP contribution in [0.3, 0.4) is 0 Å². The summed E-state index contributed by atoms with van der Waals surface area (Å²) >= 11 is 13.9. The molecule has 0 saturated carbocycles. The van der Waals surface area contributed by atoms with Crippen LogP contribution in [0.15, 0.2) is 58.5 Å². The quantitative estimate of drug-likeness (QED) is 0.424. The van der Waals surface area contributed by atoms with Gasteiger partial charge in [0.15, 0.2) is 0 Å². The molecule has 3 nitrogen and oxygen atoms in total. The van der Waals surface area contributed by atoms with Crippen LogP contribution < -0.4 is 0 Å². The van der Waals surface area contributed by atoms with Crippen LogP contribution in [0.4, 0.5) is 0 Å². The van der Waals surface area contributed by atoms with E-state index in [0.717, 1.165) is 27.0 Å². The monoisotopic (exact) mass is 420 g/mol. The molecule has 0 saturated heterocycles. The molecule has 142 valence electrons. The second-order valence-corrected chi connectivity index (χ2v) is 8.55. The largest absolute Gasteiger partial charge is 0.369 e. The number of rotatable bonds is 7. The predicted molar refractivity (Wildman–Crippen MR) is 113 cm³/mol. The van der Waals surface area contributed by atoms with Crippen LogP contribution in [0, 0.1) is 0 Å². The highest BCUT2D eigenvalue weighted by Crippen LogP contribution is 2.36. The predicted octanol–water partition coefficient (Wildman–Crippen LogP) is 6.72. The molecule has 0 amide bonds. The first kappa shape index (κ1) is 20.3. The molecule has 0 aliphatic rings. The minimum Gasteiger partial charge on any atom is -0.369 e. The van der Waals surface area contributed by atoms with Gasteiger partial charge in [-0.25, -0.2) is 4.98 Å². The van der Waals surface area contributed by atoms with E-state index in [4.69, 9.17) is 32.9 Å². The average molecular weight is 421 g/mol. The normalized spacial score (nSPS) is 11.3. The van der Waals surface area contributed by atoms with Crippen molar-refractivity contribution < 1.29 is 4.74 Å². The Hall–Kier alpha value is -1.46. The van der Waals surface area contributed by atoms with E-state index in [1.165, 1.54) is 0 Å². The van der Waals surface area contributed by atoms with Crippen molar-refractivity contribution in [3.63, 3.8) is 0 Å². The Bertz CT molecular complexity index is 890. The lowest BCUT2D eigenvalue weighted by Crippen LogP contribution is -2.02. The van der Waals surface area contributed by atoms with Crippen LogP contribution in [0.25, 0.3) is 0 Å². The molecule has 0 N–H and O–H groups in total. The Morgan fingerprint density at radius 2 is 1.70 bits per heavy atom. The lowest BCUT2D eigenvalue weighted by atomic mass is 10.2. The Morgan fingerprint density at radius 3 is 2.33 bits per heavy atom. The molecule has 0 radical (unpaired) electrons. The summed E-state index contributed by atoms with van der Waals surface area (Å²) in [5, 5.41) is 2.34. The number of aromatic nitrogens is 2. The molecule has 1 heterocycles. The molecule has 0 spiro atoms. The zero-order valence-corrected chi connectivity index (χ0v) is 17.9. The first-order chi connectivity index (χ1) is 12.9. The first-order valence-corrected chi connectivity index (χ1v) is 10.3. The summed E-state index contributed by atoms with van der Waals surface area (Å²) < 4.78 is 7.99. The maximum atomic E-state index is 6.15. The van der Waals surface area contributed by atoms with Crippen molar-refractivity contribution in [1.29, 1.82) is 0 Å². The molecule has 3 aromatic rings. The van der Waals surface area contributed by atoms with Crippen molar-refractivity contribution in [3.8, 4) is 0 Å². The van der Waals surface area contributed by atoms with Crippen molar-refractivity contribution in [2.75, 3.05) is 0 Å². The minimum atomic E-state index is 0.302. The van der Waals surface area contributed by atoms with Crippen LogP contribution in [0.1, 0.15) is 36.8 Å². The SMILES string of the molecule is CC(C)c1nc(COCc2ccccc2)n(C)c1Sc1cc(Cl)cc(Cl)c1. The highest BCUT2D eigenvalue weighted by molar-refractivity contribution is 7.99. The lowest BCUT2D eigenvalue weighted by Gasteiger charge is -2.10. The van der Waals surface area contributed by atoms with Crippen molar-refractivity contribution in [1.82, 2.24) is 9.55 Å². The molecule has 0 fully saturated rings. The summed E-state index contributed by atoms with van der Waals surface area (Å²) in [4.78, 5) is 5.83. The third-order valence-electron chi connectivity index (χ3n) is 4.10. The molecule has 0 aliphatic carbocycles. The van der Waals surface area contributed by atoms with E-state index in [2.05, 4.69) is 30.5 Å². The van der Waals surface area contributed by atoms with Gasteiger partial charge in [-0.15, -0.1) is 0 Å². The van der Waals surface area contributed by atoms with Gasteiger partial charge in [-0.3, -0.25) is 0 Å². The average Bonchev–Trinajstić information content (AvgIpc) is 2.92. The summed E-state index contributed by atoms with van der Waals surface area (Å²) in [7, 11) is 2.02. The maximum Gasteiger partial charge on any atom is 0.135 e. The number of imidazole rings is 1. The van der Waals surface area contributed by atoms with Crippen LogP contribution >= 0.6 is 35.0 Å². The standard InChI is InChI=1S/C21H22Cl2N2OS/c1-14(2)20-21(27-18-10-16(22)9-17(23)11-18)25(3)19(24-20)13-26-12-15-7-5-4-6-8-15/h4-11,14H,12-13H2,1-3H3. The van der Waals surface area contributed by atoms with Crippen LogP contribution in [0.2, 0.25) is 10.0 Å². The number of benzene rings is 2. The van der Waals surface area contributed by atoms with Crippen molar-refractivity contribution in [3.05, 3.63) is 75.7 Å². The molecular weight excluding hydrogens is 399 g/mol. The number of hydrogen-bond acceptors (Lipinski definition) is 3. The van der Waals surface area contributed by atoms with Gasteiger partial charge in [-0.05, 0) is 29.7 Å². The van der Waals surface area contributed by atoms with Crippen LogP contribution in [0.5, 0.6) is 0 Å². The molecule has 2 aromatic carbocycles. The van der Waals surface area contributed by atoms with Crippen LogP contribution in [-0.4, -0.2) is 9.55 Å². The molecule has 0 unspecified atom stereocenters. The fourth-order valence-corrected chi connectivity index (χ4v) is 4.59. The fraction of sp³-hybridized carbons (Fsp3) is 0.286. The second kappa shape index (κ2) is 9.16. The maximum absolute atomic E-state index is 6.15. The molecule has 6 heteroatoms. The van der Waals surface area contributed by atoms with E-state index in [1.807, 2.05) is 37.4 Å². The highest BCUT2D eigenvalue weighted by Gasteiger charge is 2.19. The third kappa shape index (κ3) is 5.29. The van der Waals surface area contributed by atoms with Gasteiger partial charge in [-0.2, -0.15) is 0 Å². The van der Waals surface area contributed by atoms with Crippen molar-refractivity contribution in [2.24, 2.45) is 7.05 Å². The smallest absolute Gasteiger partial charge is 0.135 e. The summed E-state index contributed by atoms with van der Waals surface area (Å²) in [6.07, 6.45) is 0. The van der Waals surface area contributed by atoms with Crippen molar-refractivity contribution >= 4 is 35.0 Å². The Labute approximate surface area is 174 Å². The van der Waals surface area contributed by atoms with E-state index < -0.39 is 0 Å². The topological polar surface area (TPSA) is 27.1 Å². The van der Waals surface area contributed by atoms with E-state index in [0.29, 0.717) is 29.2 Å². The van der Waals surface area contributed by atoms with Gasteiger partial charge in [0.2, 0.25) is 0 Å². The highest BCUT2D eigenvalue weighted by atomic mass is 35.5. The Kier molecular flexibility index (Phi) is 6.88. The van der Waals surface area contributed by atoms with E-state index in [-0.39, 0.29) is 0 Å². The summed E-state index contributed by atoms with van der Waals surface area (Å²) in [6.45, 7) is 5.32. The van der Waals surface area contributed by atoms with E-state index >= 15 is 0 Å². The summed E-state index contributed by atoms with van der Waals surface area (Å²) in [6, 6.07) is 15.7. The zero-order chi connectivity index (χ0) is 19.4. The Morgan fingerprint density at radius 1 is 1.04 bits per heavy atom. The second-order valence-electron chi connectivity index (χ2n) is 6.62. The molecular formula is C21H22Cl2N2OS. The number of ether oxygens (including phenoxy) is 1. The van der Waals surface area contributed by atoms with Gasteiger partial charge in [0.05, 0.1) is 12.3 Å². The van der Waals surface area contributed by atoms with E-state index in [9.17, 15) is 0 Å².